The monoisotopic (exact) mass is 402 g/mol. The van der Waals surface area contributed by atoms with Gasteiger partial charge in [-0.2, -0.15) is 0 Å². The van der Waals surface area contributed by atoms with Gasteiger partial charge in [0, 0.05) is 18.1 Å². The molecule has 0 radical (unpaired) electrons. The maximum Gasteiger partial charge on any atom is 0.310 e. The second-order valence-electron chi connectivity index (χ2n) is 7.46. The zero-order chi connectivity index (χ0) is 21.1. The molecule has 1 heterocycles. The Balaban J connectivity index is 1.96. The van der Waals surface area contributed by atoms with Crippen LogP contribution in [0, 0.1) is 0 Å². The first kappa shape index (κ1) is 20.8. The van der Waals surface area contributed by atoms with Crippen molar-refractivity contribution in [3.8, 4) is 23.0 Å². The van der Waals surface area contributed by atoms with Crippen LogP contribution in [-0.4, -0.2) is 37.6 Å². The number of phenols is 3. The number of aliphatic hydroxyl groups excluding tert-OH is 1. The summed E-state index contributed by atoms with van der Waals surface area (Å²) >= 11 is 0. The molecule has 0 bridgehead atoms. The van der Waals surface area contributed by atoms with Gasteiger partial charge in [0.25, 0.3) is 0 Å². The van der Waals surface area contributed by atoms with Crippen LogP contribution in [0.25, 0.3) is 0 Å². The Bertz CT molecular complexity index is 893. The zero-order valence-corrected chi connectivity index (χ0v) is 16.2. The first-order valence-electron chi connectivity index (χ1n) is 9.77. The van der Waals surface area contributed by atoms with Crippen molar-refractivity contribution in [2.45, 2.75) is 57.2 Å². The molecule has 0 saturated heterocycles. The molecule has 5 N–H and O–H groups in total. The second kappa shape index (κ2) is 8.61. The molecule has 2 aromatic rings. The van der Waals surface area contributed by atoms with Crippen molar-refractivity contribution in [2.75, 3.05) is 0 Å². The number of benzene rings is 2. The Hall–Kier alpha value is -2.93. The van der Waals surface area contributed by atoms with Gasteiger partial charge in [0.2, 0.25) is 0 Å². The lowest BCUT2D eigenvalue weighted by Crippen LogP contribution is -2.31. The van der Waals surface area contributed by atoms with Crippen molar-refractivity contribution in [3.05, 3.63) is 47.0 Å². The minimum absolute atomic E-state index is 0.107. The summed E-state index contributed by atoms with van der Waals surface area (Å²) in [6.45, 7) is 2.04. The third kappa shape index (κ3) is 4.40. The standard InChI is InChI=1S/C22H26O7/c1-2-3-4-5-14(22(27)28)15-9-13(23)10-20-16(15)11-19(26)21(29-20)12-6-7-17(24)18(25)8-12/h6-10,14,19,21,23-26H,2-5,11H2,1H3,(H,27,28)/t14-,19-,21?/m1/s1. The maximum absolute atomic E-state index is 11.9. The zero-order valence-electron chi connectivity index (χ0n) is 16.2. The smallest absolute Gasteiger partial charge is 0.310 e. The molecule has 3 atom stereocenters. The summed E-state index contributed by atoms with van der Waals surface area (Å²) in [7, 11) is 0. The van der Waals surface area contributed by atoms with Gasteiger partial charge >= 0.3 is 5.97 Å². The van der Waals surface area contributed by atoms with E-state index in [1.54, 1.807) is 0 Å². The number of ether oxygens (including phenoxy) is 1. The van der Waals surface area contributed by atoms with Gasteiger partial charge in [-0.3, -0.25) is 4.79 Å². The quantitative estimate of drug-likeness (QED) is 0.354. The van der Waals surface area contributed by atoms with Gasteiger partial charge in [-0.1, -0.05) is 32.3 Å². The summed E-state index contributed by atoms with van der Waals surface area (Å²) in [6, 6.07) is 6.98. The van der Waals surface area contributed by atoms with Crippen LogP contribution >= 0.6 is 0 Å². The van der Waals surface area contributed by atoms with E-state index in [1.807, 2.05) is 6.92 Å². The van der Waals surface area contributed by atoms with Gasteiger partial charge in [-0.15, -0.1) is 0 Å². The number of phenolic OH excluding ortho intramolecular Hbond substituents is 3. The minimum Gasteiger partial charge on any atom is -0.508 e. The number of carboxylic acid groups (broad SMARTS) is 1. The summed E-state index contributed by atoms with van der Waals surface area (Å²) in [5, 5.41) is 49.8. The number of aromatic hydroxyl groups is 3. The summed E-state index contributed by atoms with van der Waals surface area (Å²) < 4.78 is 5.91. The molecule has 0 saturated carbocycles. The van der Waals surface area contributed by atoms with Crippen molar-refractivity contribution in [1.82, 2.24) is 0 Å². The van der Waals surface area contributed by atoms with Crippen LogP contribution in [-0.2, 0) is 11.2 Å². The Morgan fingerprint density at radius 1 is 1.14 bits per heavy atom. The maximum atomic E-state index is 11.9. The lowest BCUT2D eigenvalue weighted by molar-refractivity contribution is -0.139. The van der Waals surface area contributed by atoms with Crippen molar-refractivity contribution in [2.24, 2.45) is 0 Å². The number of unbranched alkanes of at least 4 members (excludes halogenated alkanes) is 2. The highest BCUT2D eigenvalue weighted by Crippen LogP contribution is 2.43. The number of carbonyl (C=O) groups is 1. The SMILES string of the molecule is CCCCC[C@@H](C(=O)O)c1cc(O)cc2c1C[C@@H](O)C(c1ccc(O)c(O)c1)O2. The van der Waals surface area contributed by atoms with E-state index >= 15 is 0 Å². The van der Waals surface area contributed by atoms with Crippen LogP contribution < -0.4 is 4.74 Å². The van der Waals surface area contributed by atoms with E-state index in [0.717, 1.165) is 19.3 Å². The first-order valence-corrected chi connectivity index (χ1v) is 9.77. The molecule has 1 unspecified atom stereocenters. The lowest BCUT2D eigenvalue weighted by Gasteiger charge is -2.33. The molecule has 1 aliphatic heterocycles. The largest absolute Gasteiger partial charge is 0.508 e. The Morgan fingerprint density at radius 3 is 2.55 bits per heavy atom. The van der Waals surface area contributed by atoms with Crippen molar-refractivity contribution in [1.29, 1.82) is 0 Å². The fraction of sp³-hybridized carbons (Fsp3) is 0.409. The number of hydrogen-bond acceptors (Lipinski definition) is 6. The molecule has 0 aromatic heterocycles. The molecule has 2 aromatic carbocycles. The van der Waals surface area contributed by atoms with Crippen LogP contribution in [0.1, 0.15) is 61.3 Å². The van der Waals surface area contributed by atoms with Gasteiger partial charge in [0.1, 0.15) is 17.6 Å². The van der Waals surface area contributed by atoms with Crippen molar-refractivity contribution >= 4 is 5.97 Å². The average molecular weight is 402 g/mol. The number of rotatable bonds is 7. The molecule has 7 nitrogen and oxygen atoms in total. The van der Waals surface area contributed by atoms with Gasteiger partial charge in [0.15, 0.2) is 11.5 Å². The van der Waals surface area contributed by atoms with Gasteiger partial charge < -0.3 is 30.3 Å². The van der Waals surface area contributed by atoms with E-state index < -0.39 is 24.1 Å². The Morgan fingerprint density at radius 2 is 1.90 bits per heavy atom. The Kier molecular flexibility index (Phi) is 6.17. The van der Waals surface area contributed by atoms with Crippen molar-refractivity contribution < 1.29 is 35.1 Å². The number of aliphatic carboxylic acids is 1. The van der Waals surface area contributed by atoms with Crippen LogP contribution in [0.3, 0.4) is 0 Å². The minimum atomic E-state index is -0.986. The highest BCUT2D eigenvalue weighted by Gasteiger charge is 2.35. The van der Waals surface area contributed by atoms with Gasteiger partial charge in [-0.05, 0) is 35.7 Å². The van der Waals surface area contributed by atoms with Crippen LogP contribution in [0.15, 0.2) is 30.3 Å². The van der Waals surface area contributed by atoms with Crippen molar-refractivity contribution in [3.63, 3.8) is 0 Å². The molecular weight excluding hydrogens is 376 g/mol. The number of aliphatic hydroxyl groups is 1. The van der Waals surface area contributed by atoms with E-state index in [2.05, 4.69) is 0 Å². The highest BCUT2D eigenvalue weighted by atomic mass is 16.5. The Labute approximate surface area is 168 Å². The average Bonchev–Trinajstić information content (AvgIpc) is 2.67. The van der Waals surface area contributed by atoms with E-state index in [1.165, 1.54) is 30.3 Å². The van der Waals surface area contributed by atoms with E-state index in [4.69, 9.17) is 4.74 Å². The fourth-order valence-corrected chi connectivity index (χ4v) is 3.84. The predicted octanol–water partition coefficient (Wildman–Crippen LogP) is 3.59. The predicted molar refractivity (Wildman–Crippen MR) is 105 cm³/mol. The van der Waals surface area contributed by atoms with Crippen LogP contribution in [0.4, 0.5) is 0 Å². The third-order valence-corrected chi connectivity index (χ3v) is 5.34. The second-order valence-corrected chi connectivity index (χ2v) is 7.46. The number of fused-ring (bicyclic) bond motifs is 1. The summed E-state index contributed by atoms with van der Waals surface area (Å²) in [5.74, 6) is -2.19. The summed E-state index contributed by atoms with van der Waals surface area (Å²) in [4.78, 5) is 11.9. The number of carboxylic acids is 1. The van der Waals surface area contributed by atoms with E-state index in [0.29, 0.717) is 28.9 Å². The normalized spacial score (nSPS) is 19.2. The molecule has 0 amide bonds. The van der Waals surface area contributed by atoms with Crippen LogP contribution in [0.5, 0.6) is 23.0 Å². The summed E-state index contributed by atoms with van der Waals surface area (Å²) in [6.07, 6.45) is 1.39. The molecule has 156 valence electrons. The number of hydrogen-bond donors (Lipinski definition) is 5. The van der Waals surface area contributed by atoms with E-state index in [9.17, 15) is 30.3 Å². The van der Waals surface area contributed by atoms with E-state index in [-0.39, 0.29) is 23.7 Å². The topological polar surface area (TPSA) is 127 Å². The molecule has 7 heteroatoms. The molecular formula is C22H26O7. The van der Waals surface area contributed by atoms with Gasteiger partial charge in [0.05, 0.1) is 12.0 Å². The molecule has 0 aliphatic carbocycles. The molecule has 1 aliphatic rings. The van der Waals surface area contributed by atoms with Crippen LogP contribution in [0.2, 0.25) is 0 Å². The van der Waals surface area contributed by atoms with Gasteiger partial charge in [-0.25, -0.2) is 0 Å². The molecule has 29 heavy (non-hydrogen) atoms. The third-order valence-electron chi connectivity index (χ3n) is 5.34. The highest BCUT2D eigenvalue weighted by molar-refractivity contribution is 5.77. The summed E-state index contributed by atoms with van der Waals surface area (Å²) in [5.41, 5.74) is 1.48. The first-order chi connectivity index (χ1) is 13.8. The molecule has 0 fully saturated rings. The fourth-order valence-electron chi connectivity index (χ4n) is 3.84. The lowest BCUT2D eigenvalue weighted by atomic mass is 9.84. The molecule has 3 rings (SSSR count). The molecule has 0 spiro atoms.